The Bertz CT molecular complexity index is 1340. The monoisotopic (exact) mass is 505 g/mol. The normalized spacial score (nSPS) is 13.8. The van der Waals surface area contributed by atoms with E-state index in [0.29, 0.717) is 34.5 Å². The molecule has 2 heterocycles. The summed E-state index contributed by atoms with van der Waals surface area (Å²) in [6.07, 6.45) is 0.444. The number of carboxylic acids is 1. The van der Waals surface area contributed by atoms with Crippen LogP contribution in [0.1, 0.15) is 38.3 Å². The number of carbonyl (C=O) groups is 3. The lowest BCUT2D eigenvalue weighted by Crippen LogP contribution is -2.11. The van der Waals surface area contributed by atoms with Gasteiger partial charge in [-0.25, -0.2) is 4.79 Å². The molecule has 0 bridgehead atoms. The van der Waals surface area contributed by atoms with Gasteiger partial charge in [-0.15, -0.1) is 11.3 Å². The second kappa shape index (κ2) is 10.8. The Labute approximate surface area is 213 Å². The van der Waals surface area contributed by atoms with Crippen molar-refractivity contribution in [2.75, 3.05) is 31.8 Å². The van der Waals surface area contributed by atoms with Crippen molar-refractivity contribution >= 4 is 51.8 Å². The fraction of sp³-hybridized carbons (Fsp3) is 0.222. The second-order valence-corrected chi connectivity index (χ2v) is 9.71. The lowest BCUT2D eigenvalue weighted by molar-refractivity contribution is -0.136. The van der Waals surface area contributed by atoms with Gasteiger partial charge in [0.25, 0.3) is 5.91 Å². The van der Waals surface area contributed by atoms with Gasteiger partial charge in [-0.2, -0.15) is 0 Å². The summed E-state index contributed by atoms with van der Waals surface area (Å²) < 4.78 is 4.80. The van der Waals surface area contributed by atoms with Crippen LogP contribution in [0.25, 0.3) is 11.3 Å². The van der Waals surface area contributed by atoms with E-state index in [0.717, 1.165) is 28.2 Å². The van der Waals surface area contributed by atoms with E-state index in [1.807, 2.05) is 49.8 Å². The molecule has 36 heavy (non-hydrogen) atoms. The minimum absolute atomic E-state index is 0.0340. The van der Waals surface area contributed by atoms with Crippen molar-refractivity contribution in [2.24, 2.45) is 0 Å². The number of nitrogens with one attached hydrogen (secondary N) is 2. The Balaban J connectivity index is 1.76. The van der Waals surface area contributed by atoms with E-state index in [2.05, 4.69) is 15.5 Å². The van der Waals surface area contributed by atoms with Crippen LogP contribution in [0.2, 0.25) is 0 Å². The number of hydrogen-bond donors (Lipinski definition) is 3. The van der Waals surface area contributed by atoms with E-state index in [1.165, 1.54) is 18.4 Å². The third-order valence-corrected chi connectivity index (χ3v) is 6.68. The molecule has 0 spiro atoms. The average molecular weight is 506 g/mol. The smallest absolute Gasteiger partial charge is 0.337 e. The number of benzene rings is 2. The van der Waals surface area contributed by atoms with E-state index < -0.39 is 11.9 Å². The quantitative estimate of drug-likeness (QED) is 0.289. The maximum atomic E-state index is 13.2. The van der Waals surface area contributed by atoms with Gasteiger partial charge in [0.05, 0.1) is 36.1 Å². The molecule has 1 aliphatic rings. The molecule has 0 saturated carbocycles. The molecule has 0 atom stereocenters. The number of rotatable bonds is 9. The zero-order chi connectivity index (χ0) is 25.8. The molecule has 9 heteroatoms. The Morgan fingerprint density at radius 2 is 1.83 bits per heavy atom. The topological polar surface area (TPSA) is 108 Å². The minimum Gasteiger partial charge on any atom is -0.481 e. The number of amides is 1. The summed E-state index contributed by atoms with van der Waals surface area (Å²) in [5.41, 5.74) is 5.34. The first-order valence-corrected chi connectivity index (χ1v) is 12.2. The number of thiophene rings is 1. The lowest BCUT2D eigenvalue weighted by Gasteiger charge is -2.15. The molecule has 1 aliphatic heterocycles. The second-order valence-electron chi connectivity index (χ2n) is 8.71. The SMILES string of the molecule is COC(=O)c1ccc2c(c1)NC(=O)C2=C(Nc1ccc(CN(C)C)cc1)c1csc(CCC(=O)O)c1. The Morgan fingerprint density at radius 3 is 2.50 bits per heavy atom. The predicted octanol–water partition coefficient (Wildman–Crippen LogP) is 4.55. The number of carboxylic acid groups (broad SMARTS) is 1. The van der Waals surface area contributed by atoms with E-state index in [-0.39, 0.29) is 12.3 Å². The van der Waals surface area contributed by atoms with Crippen molar-refractivity contribution in [3.63, 3.8) is 0 Å². The van der Waals surface area contributed by atoms with Gasteiger partial charge in [0, 0.05) is 33.6 Å². The van der Waals surface area contributed by atoms with Gasteiger partial charge in [-0.05, 0) is 56.4 Å². The maximum Gasteiger partial charge on any atom is 0.337 e. The minimum atomic E-state index is -0.857. The first-order chi connectivity index (χ1) is 17.2. The number of ether oxygens (including phenoxy) is 1. The molecule has 0 fully saturated rings. The number of fused-ring (bicyclic) bond motifs is 1. The molecule has 0 radical (unpaired) electrons. The fourth-order valence-electron chi connectivity index (χ4n) is 4.02. The van der Waals surface area contributed by atoms with Crippen LogP contribution in [-0.4, -0.2) is 49.1 Å². The number of nitrogens with zero attached hydrogens (tertiary/aromatic N) is 1. The molecule has 0 saturated heterocycles. The fourth-order valence-corrected chi connectivity index (χ4v) is 4.90. The standard InChI is InChI=1S/C27H27N3O5S/c1-30(2)14-16-4-7-19(8-5-16)28-25(18-12-20(36-15-18)9-11-23(31)32)24-21-10-6-17(27(34)35-3)13-22(21)29-26(24)33/h4-8,10,12-13,15,28H,9,11,14H2,1-3H3,(H,29,33)(H,31,32). The summed E-state index contributed by atoms with van der Waals surface area (Å²) in [6.45, 7) is 0.810. The van der Waals surface area contributed by atoms with Gasteiger partial charge < -0.3 is 25.4 Å². The van der Waals surface area contributed by atoms with Crippen LogP contribution in [0.3, 0.4) is 0 Å². The van der Waals surface area contributed by atoms with E-state index in [4.69, 9.17) is 9.84 Å². The molecule has 186 valence electrons. The summed E-state index contributed by atoms with van der Waals surface area (Å²) in [5.74, 6) is -1.64. The summed E-state index contributed by atoms with van der Waals surface area (Å²) in [5, 5.41) is 17.2. The third kappa shape index (κ3) is 5.64. The zero-order valence-corrected chi connectivity index (χ0v) is 21.1. The van der Waals surface area contributed by atoms with Crippen LogP contribution in [0.15, 0.2) is 53.9 Å². The van der Waals surface area contributed by atoms with Crippen molar-refractivity contribution in [3.8, 4) is 0 Å². The van der Waals surface area contributed by atoms with Crippen molar-refractivity contribution < 1.29 is 24.2 Å². The molecule has 1 aromatic heterocycles. The zero-order valence-electron chi connectivity index (χ0n) is 20.3. The number of esters is 1. The van der Waals surface area contributed by atoms with Crippen LogP contribution in [-0.2, 0) is 27.3 Å². The summed E-state index contributed by atoms with van der Waals surface area (Å²) in [4.78, 5) is 39.2. The van der Waals surface area contributed by atoms with Crippen molar-refractivity contribution in [3.05, 3.63) is 81.0 Å². The molecule has 1 amide bonds. The molecule has 0 unspecified atom stereocenters. The van der Waals surface area contributed by atoms with E-state index in [9.17, 15) is 14.4 Å². The molecule has 2 aromatic carbocycles. The lowest BCUT2D eigenvalue weighted by atomic mass is 10.00. The summed E-state index contributed by atoms with van der Waals surface area (Å²) in [7, 11) is 5.33. The number of aryl methyl sites for hydroxylation is 1. The van der Waals surface area contributed by atoms with Gasteiger partial charge in [0.2, 0.25) is 0 Å². The highest BCUT2D eigenvalue weighted by molar-refractivity contribution is 7.10. The van der Waals surface area contributed by atoms with Crippen LogP contribution in [0.4, 0.5) is 11.4 Å². The van der Waals surface area contributed by atoms with Crippen LogP contribution in [0.5, 0.6) is 0 Å². The molecule has 0 aliphatic carbocycles. The molecule has 3 N–H and O–H groups in total. The highest BCUT2D eigenvalue weighted by atomic mass is 32.1. The summed E-state index contributed by atoms with van der Waals surface area (Å²) in [6, 6.07) is 14.9. The van der Waals surface area contributed by atoms with Crippen LogP contribution >= 0.6 is 11.3 Å². The maximum absolute atomic E-state index is 13.2. The van der Waals surface area contributed by atoms with Crippen LogP contribution in [0, 0.1) is 0 Å². The average Bonchev–Trinajstić information content (AvgIpc) is 3.44. The van der Waals surface area contributed by atoms with E-state index in [1.54, 1.807) is 18.2 Å². The van der Waals surface area contributed by atoms with Gasteiger partial charge in [0.1, 0.15) is 0 Å². The largest absolute Gasteiger partial charge is 0.481 e. The van der Waals surface area contributed by atoms with Crippen LogP contribution < -0.4 is 10.6 Å². The van der Waals surface area contributed by atoms with Gasteiger partial charge in [-0.1, -0.05) is 18.2 Å². The van der Waals surface area contributed by atoms with Crippen molar-refractivity contribution in [1.82, 2.24) is 4.90 Å². The molecule has 4 rings (SSSR count). The number of carbonyl (C=O) groups excluding carboxylic acids is 2. The Morgan fingerprint density at radius 1 is 1.08 bits per heavy atom. The number of methoxy groups -OCH3 is 1. The molecule has 3 aromatic rings. The first-order valence-electron chi connectivity index (χ1n) is 11.3. The Kier molecular flexibility index (Phi) is 7.52. The van der Waals surface area contributed by atoms with Gasteiger partial charge >= 0.3 is 11.9 Å². The molecular weight excluding hydrogens is 478 g/mol. The first kappa shape index (κ1) is 25.2. The van der Waals surface area contributed by atoms with E-state index >= 15 is 0 Å². The number of hydrogen-bond acceptors (Lipinski definition) is 7. The highest BCUT2D eigenvalue weighted by Gasteiger charge is 2.29. The molecule has 8 nitrogen and oxygen atoms in total. The summed E-state index contributed by atoms with van der Waals surface area (Å²) >= 11 is 1.45. The number of aliphatic carboxylic acids is 1. The van der Waals surface area contributed by atoms with Crippen molar-refractivity contribution in [1.29, 1.82) is 0 Å². The number of anilines is 2. The van der Waals surface area contributed by atoms with Gasteiger partial charge in [-0.3, -0.25) is 9.59 Å². The predicted molar refractivity (Wildman–Crippen MR) is 141 cm³/mol. The molecular formula is C27H27N3O5S. The highest BCUT2D eigenvalue weighted by Crippen LogP contribution is 2.39. The van der Waals surface area contributed by atoms with Crippen molar-refractivity contribution in [2.45, 2.75) is 19.4 Å². The third-order valence-electron chi connectivity index (χ3n) is 5.69. The Hall–Kier alpha value is -3.95. The van der Waals surface area contributed by atoms with Gasteiger partial charge in [0.15, 0.2) is 0 Å².